The highest BCUT2D eigenvalue weighted by Gasteiger charge is 2.21. The lowest BCUT2D eigenvalue weighted by atomic mass is 9.90. The highest BCUT2D eigenvalue weighted by atomic mass is 35.5. The Labute approximate surface area is 149 Å². The van der Waals surface area contributed by atoms with E-state index in [1.807, 2.05) is 6.07 Å². The third-order valence-electron chi connectivity index (χ3n) is 3.97. The SMILES string of the molecule is CC1CCc2sc(C(=O)OCC(=O)Nc3cccc(Cl)c3)cc2C1. The predicted octanol–water partition coefficient (Wildman–Crippen LogP) is 4.32. The molecule has 0 radical (unpaired) electrons. The van der Waals surface area contributed by atoms with E-state index in [0.717, 1.165) is 19.3 Å². The summed E-state index contributed by atoms with van der Waals surface area (Å²) >= 11 is 7.34. The summed E-state index contributed by atoms with van der Waals surface area (Å²) in [7, 11) is 0. The van der Waals surface area contributed by atoms with E-state index in [-0.39, 0.29) is 12.5 Å². The largest absolute Gasteiger partial charge is 0.451 e. The molecule has 3 rings (SSSR count). The number of halogens is 1. The number of benzene rings is 1. The molecule has 0 saturated heterocycles. The van der Waals surface area contributed by atoms with Crippen molar-refractivity contribution in [3.63, 3.8) is 0 Å². The van der Waals surface area contributed by atoms with Gasteiger partial charge < -0.3 is 10.1 Å². The molecule has 1 heterocycles. The number of thiophene rings is 1. The van der Waals surface area contributed by atoms with Crippen molar-refractivity contribution in [2.45, 2.75) is 26.2 Å². The fourth-order valence-corrected chi connectivity index (χ4v) is 4.06. The molecule has 0 aliphatic heterocycles. The minimum absolute atomic E-state index is 0.315. The maximum Gasteiger partial charge on any atom is 0.348 e. The van der Waals surface area contributed by atoms with Crippen molar-refractivity contribution < 1.29 is 14.3 Å². The summed E-state index contributed by atoms with van der Waals surface area (Å²) < 4.78 is 5.12. The number of fused-ring (bicyclic) bond motifs is 1. The van der Waals surface area contributed by atoms with Crippen LogP contribution in [0, 0.1) is 5.92 Å². The summed E-state index contributed by atoms with van der Waals surface area (Å²) in [6, 6.07) is 8.72. The molecule has 2 aromatic rings. The Bertz CT molecular complexity index is 771. The lowest BCUT2D eigenvalue weighted by molar-refractivity contribution is -0.119. The highest BCUT2D eigenvalue weighted by molar-refractivity contribution is 7.14. The van der Waals surface area contributed by atoms with Gasteiger partial charge in [-0.3, -0.25) is 4.79 Å². The topological polar surface area (TPSA) is 55.4 Å². The Balaban J connectivity index is 1.55. The molecular weight excluding hydrogens is 346 g/mol. The standard InChI is InChI=1S/C18H18ClNO3S/c1-11-5-6-15-12(7-11)8-16(24-15)18(22)23-10-17(21)20-14-4-2-3-13(19)9-14/h2-4,8-9,11H,5-7,10H2,1H3,(H,20,21). The smallest absolute Gasteiger partial charge is 0.348 e. The summed E-state index contributed by atoms with van der Waals surface area (Å²) in [6.07, 6.45) is 3.18. The first-order chi connectivity index (χ1) is 11.5. The van der Waals surface area contributed by atoms with Gasteiger partial charge in [-0.05, 0) is 55.0 Å². The van der Waals surface area contributed by atoms with Gasteiger partial charge in [0.15, 0.2) is 6.61 Å². The zero-order valence-electron chi connectivity index (χ0n) is 13.3. The van der Waals surface area contributed by atoms with Crippen LogP contribution < -0.4 is 5.32 Å². The van der Waals surface area contributed by atoms with Crippen LogP contribution in [-0.4, -0.2) is 18.5 Å². The van der Waals surface area contributed by atoms with Crippen molar-refractivity contribution in [1.82, 2.24) is 0 Å². The first kappa shape index (κ1) is 17.0. The van der Waals surface area contributed by atoms with Crippen LogP contribution >= 0.6 is 22.9 Å². The van der Waals surface area contributed by atoms with Crippen LogP contribution in [0.4, 0.5) is 5.69 Å². The average molecular weight is 364 g/mol. The Kier molecular flexibility index (Phi) is 5.21. The van der Waals surface area contributed by atoms with Crippen LogP contribution in [0.2, 0.25) is 5.02 Å². The quantitative estimate of drug-likeness (QED) is 0.823. The molecule has 1 atom stereocenters. The van der Waals surface area contributed by atoms with Gasteiger partial charge in [0.2, 0.25) is 0 Å². The highest BCUT2D eigenvalue weighted by Crippen LogP contribution is 2.32. The number of carbonyl (C=O) groups is 2. The number of nitrogens with one attached hydrogen (secondary N) is 1. The number of amides is 1. The molecule has 24 heavy (non-hydrogen) atoms. The van der Waals surface area contributed by atoms with Gasteiger partial charge in [-0.1, -0.05) is 24.6 Å². The number of aryl methyl sites for hydroxylation is 1. The molecule has 4 nitrogen and oxygen atoms in total. The first-order valence-electron chi connectivity index (χ1n) is 7.85. The molecule has 1 unspecified atom stereocenters. The number of hydrogen-bond acceptors (Lipinski definition) is 4. The second kappa shape index (κ2) is 7.36. The maximum atomic E-state index is 12.1. The fourth-order valence-electron chi connectivity index (χ4n) is 2.77. The molecule has 1 N–H and O–H groups in total. The normalized spacial score (nSPS) is 16.3. The van der Waals surface area contributed by atoms with Crippen LogP contribution in [0.5, 0.6) is 0 Å². The summed E-state index contributed by atoms with van der Waals surface area (Å²) in [5.74, 6) is -0.177. The van der Waals surface area contributed by atoms with Gasteiger partial charge in [0.05, 0.1) is 0 Å². The Morgan fingerprint density at radius 3 is 3.00 bits per heavy atom. The zero-order valence-corrected chi connectivity index (χ0v) is 14.9. The molecule has 0 saturated carbocycles. The number of rotatable bonds is 4. The lowest BCUT2D eigenvalue weighted by Crippen LogP contribution is -2.20. The van der Waals surface area contributed by atoms with Crippen molar-refractivity contribution in [2.75, 3.05) is 11.9 Å². The Morgan fingerprint density at radius 1 is 1.38 bits per heavy atom. The summed E-state index contributed by atoms with van der Waals surface area (Å²) in [6.45, 7) is 1.91. The summed E-state index contributed by atoms with van der Waals surface area (Å²) in [4.78, 5) is 25.9. The third-order valence-corrected chi connectivity index (χ3v) is 5.43. The van der Waals surface area contributed by atoms with E-state index in [4.69, 9.17) is 16.3 Å². The number of carbonyl (C=O) groups excluding carboxylic acids is 2. The molecule has 0 spiro atoms. The molecule has 0 bridgehead atoms. The van der Waals surface area contributed by atoms with Gasteiger partial charge in [0.25, 0.3) is 5.91 Å². The minimum atomic E-state index is -0.441. The van der Waals surface area contributed by atoms with Crippen LogP contribution in [0.3, 0.4) is 0 Å². The van der Waals surface area contributed by atoms with E-state index in [1.54, 1.807) is 24.3 Å². The van der Waals surface area contributed by atoms with Gasteiger partial charge in [-0.25, -0.2) is 4.79 Å². The molecular formula is C18H18ClNO3S. The van der Waals surface area contributed by atoms with Crippen molar-refractivity contribution in [2.24, 2.45) is 5.92 Å². The second-order valence-electron chi connectivity index (χ2n) is 6.04. The van der Waals surface area contributed by atoms with E-state index in [0.29, 0.717) is 21.5 Å². The van der Waals surface area contributed by atoms with Gasteiger partial charge >= 0.3 is 5.97 Å². The van der Waals surface area contributed by atoms with Crippen molar-refractivity contribution >= 4 is 40.5 Å². The molecule has 126 valence electrons. The minimum Gasteiger partial charge on any atom is -0.451 e. The van der Waals surface area contributed by atoms with Gasteiger partial charge in [0.1, 0.15) is 4.88 Å². The predicted molar refractivity (Wildman–Crippen MR) is 95.9 cm³/mol. The van der Waals surface area contributed by atoms with Crippen LogP contribution in [-0.2, 0) is 22.4 Å². The summed E-state index contributed by atoms with van der Waals surface area (Å²) in [5.41, 5.74) is 1.82. The van der Waals surface area contributed by atoms with Gasteiger partial charge in [-0.15, -0.1) is 11.3 Å². The number of hydrogen-bond donors (Lipinski definition) is 1. The van der Waals surface area contributed by atoms with Crippen LogP contribution in [0.15, 0.2) is 30.3 Å². The molecule has 1 aliphatic carbocycles. The lowest BCUT2D eigenvalue weighted by Gasteiger charge is -2.16. The molecule has 0 fully saturated rings. The molecule has 1 aliphatic rings. The zero-order chi connectivity index (χ0) is 17.1. The van der Waals surface area contributed by atoms with E-state index >= 15 is 0 Å². The van der Waals surface area contributed by atoms with Gasteiger partial charge in [0, 0.05) is 15.6 Å². The first-order valence-corrected chi connectivity index (χ1v) is 9.05. The van der Waals surface area contributed by atoms with E-state index in [1.165, 1.54) is 21.8 Å². The molecule has 6 heteroatoms. The molecule has 1 amide bonds. The number of ether oxygens (including phenoxy) is 1. The average Bonchev–Trinajstić information content (AvgIpc) is 2.95. The van der Waals surface area contributed by atoms with Crippen LogP contribution in [0.1, 0.15) is 33.5 Å². The van der Waals surface area contributed by atoms with E-state index in [2.05, 4.69) is 12.2 Å². The number of anilines is 1. The Hall–Kier alpha value is -1.85. The number of esters is 1. The van der Waals surface area contributed by atoms with E-state index < -0.39 is 5.97 Å². The summed E-state index contributed by atoms with van der Waals surface area (Å²) in [5, 5.41) is 3.18. The molecule has 1 aromatic heterocycles. The van der Waals surface area contributed by atoms with Crippen LogP contribution in [0.25, 0.3) is 0 Å². The maximum absolute atomic E-state index is 12.1. The second-order valence-corrected chi connectivity index (χ2v) is 7.61. The van der Waals surface area contributed by atoms with Crippen molar-refractivity contribution in [3.8, 4) is 0 Å². The monoisotopic (exact) mass is 363 g/mol. The molecule has 1 aromatic carbocycles. The fraction of sp³-hybridized carbons (Fsp3) is 0.333. The van der Waals surface area contributed by atoms with E-state index in [9.17, 15) is 9.59 Å². The van der Waals surface area contributed by atoms with Crippen molar-refractivity contribution in [3.05, 3.63) is 50.7 Å². The van der Waals surface area contributed by atoms with Gasteiger partial charge in [-0.2, -0.15) is 0 Å². The Morgan fingerprint density at radius 2 is 2.21 bits per heavy atom. The third kappa shape index (κ3) is 4.16. The van der Waals surface area contributed by atoms with Crippen molar-refractivity contribution in [1.29, 1.82) is 0 Å².